The van der Waals surface area contributed by atoms with Crippen molar-refractivity contribution in [2.75, 3.05) is 0 Å². The highest BCUT2D eigenvalue weighted by Crippen LogP contribution is 2.21. The zero-order valence-electron chi connectivity index (χ0n) is 5.38. The van der Waals surface area contributed by atoms with Gasteiger partial charge in [0.25, 0.3) is 0 Å². The summed E-state index contributed by atoms with van der Waals surface area (Å²) in [7, 11) is 0. The third kappa shape index (κ3) is 1.82. The Bertz CT molecular complexity index is 225. The highest BCUT2D eigenvalue weighted by atomic mass is 35.5. The van der Waals surface area contributed by atoms with E-state index in [1.807, 2.05) is 6.92 Å². The molecule has 0 N–H and O–H groups in total. The molecule has 0 atom stereocenters. The number of hydrogen-bond acceptors (Lipinski definition) is 2. The summed E-state index contributed by atoms with van der Waals surface area (Å²) >= 11 is 11.1. The molecular formula is C6H6Cl2N2. The molecule has 2 nitrogen and oxygen atoms in total. The quantitative estimate of drug-likeness (QED) is 0.614. The van der Waals surface area contributed by atoms with E-state index in [1.54, 1.807) is 12.4 Å². The summed E-state index contributed by atoms with van der Waals surface area (Å²) < 4.78 is 0. The summed E-state index contributed by atoms with van der Waals surface area (Å²) in [5.74, 6) is 0. The Morgan fingerprint density at radius 1 is 1.40 bits per heavy atom. The summed E-state index contributed by atoms with van der Waals surface area (Å²) in [6.45, 7) is 1.84. The van der Waals surface area contributed by atoms with Crippen LogP contribution in [0, 0.1) is 6.92 Å². The van der Waals surface area contributed by atoms with E-state index in [0.29, 0.717) is 5.69 Å². The molecule has 1 aromatic heterocycles. The molecule has 54 valence electrons. The van der Waals surface area contributed by atoms with Crippen LogP contribution in [0.15, 0.2) is 12.4 Å². The summed E-state index contributed by atoms with van der Waals surface area (Å²) in [6.07, 6.45) is 3.21. The lowest BCUT2D eigenvalue weighted by atomic mass is 10.4. The number of aryl methyl sites for hydroxylation is 1. The van der Waals surface area contributed by atoms with Crippen LogP contribution in [-0.4, -0.2) is 9.97 Å². The molecule has 0 radical (unpaired) electrons. The standard InChI is InChI=1S/C6H6Cl2N2/c1-4-2-9-3-5(10-4)6(7)8/h2-3,6H,1H3. The van der Waals surface area contributed by atoms with Gasteiger partial charge in [0, 0.05) is 6.20 Å². The van der Waals surface area contributed by atoms with E-state index in [9.17, 15) is 0 Å². The number of alkyl halides is 2. The Labute approximate surface area is 69.2 Å². The summed E-state index contributed by atoms with van der Waals surface area (Å²) in [4.78, 5) is 7.34. The maximum absolute atomic E-state index is 5.54. The van der Waals surface area contributed by atoms with E-state index in [2.05, 4.69) is 9.97 Å². The van der Waals surface area contributed by atoms with Gasteiger partial charge in [0.05, 0.1) is 17.6 Å². The molecule has 0 saturated carbocycles. The lowest BCUT2D eigenvalue weighted by molar-refractivity contribution is 1.03. The Morgan fingerprint density at radius 2 is 2.10 bits per heavy atom. The predicted molar refractivity (Wildman–Crippen MR) is 41.2 cm³/mol. The largest absolute Gasteiger partial charge is 0.261 e. The molecule has 1 heterocycles. The summed E-state index contributed by atoms with van der Waals surface area (Å²) in [5, 5.41) is 0. The fourth-order valence-electron chi connectivity index (χ4n) is 0.588. The monoisotopic (exact) mass is 176 g/mol. The van der Waals surface area contributed by atoms with Crippen LogP contribution in [0.5, 0.6) is 0 Å². The van der Waals surface area contributed by atoms with Gasteiger partial charge in [-0.05, 0) is 6.92 Å². The molecule has 0 aliphatic heterocycles. The molecule has 0 spiro atoms. The average Bonchev–Trinajstić information content (AvgIpc) is 1.88. The van der Waals surface area contributed by atoms with Crippen molar-refractivity contribution < 1.29 is 0 Å². The lowest BCUT2D eigenvalue weighted by Gasteiger charge is -1.98. The molecule has 0 saturated heterocycles. The molecule has 1 aromatic rings. The van der Waals surface area contributed by atoms with E-state index in [0.717, 1.165) is 5.69 Å². The number of halogens is 2. The van der Waals surface area contributed by atoms with Crippen molar-refractivity contribution in [3.63, 3.8) is 0 Å². The van der Waals surface area contributed by atoms with Crippen LogP contribution >= 0.6 is 23.2 Å². The van der Waals surface area contributed by atoms with E-state index in [4.69, 9.17) is 23.2 Å². The maximum atomic E-state index is 5.54. The molecule has 0 aliphatic rings. The number of hydrogen-bond donors (Lipinski definition) is 0. The Morgan fingerprint density at radius 3 is 2.50 bits per heavy atom. The fourth-order valence-corrected chi connectivity index (χ4v) is 0.798. The van der Waals surface area contributed by atoms with Gasteiger partial charge in [-0.25, -0.2) is 0 Å². The molecule has 4 heteroatoms. The van der Waals surface area contributed by atoms with Crippen molar-refractivity contribution >= 4 is 23.2 Å². The molecule has 0 amide bonds. The zero-order valence-corrected chi connectivity index (χ0v) is 6.89. The van der Waals surface area contributed by atoms with Crippen LogP contribution in [0.25, 0.3) is 0 Å². The fraction of sp³-hybridized carbons (Fsp3) is 0.333. The third-order valence-corrected chi connectivity index (χ3v) is 1.44. The molecule has 0 aromatic carbocycles. The second kappa shape index (κ2) is 3.17. The molecular weight excluding hydrogens is 171 g/mol. The Kier molecular flexibility index (Phi) is 2.46. The van der Waals surface area contributed by atoms with Crippen LogP contribution in [0.1, 0.15) is 16.2 Å². The van der Waals surface area contributed by atoms with Gasteiger partial charge in [0.15, 0.2) is 4.84 Å². The molecule has 0 bridgehead atoms. The Balaban J connectivity index is 2.96. The van der Waals surface area contributed by atoms with Gasteiger partial charge < -0.3 is 0 Å². The van der Waals surface area contributed by atoms with E-state index in [1.165, 1.54) is 0 Å². The van der Waals surface area contributed by atoms with Crippen molar-refractivity contribution in [1.29, 1.82) is 0 Å². The van der Waals surface area contributed by atoms with Crippen molar-refractivity contribution in [2.24, 2.45) is 0 Å². The maximum Gasteiger partial charge on any atom is 0.151 e. The second-order valence-electron chi connectivity index (χ2n) is 1.89. The third-order valence-electron chi connectivity index (χ3n) is 0.997. The normalized spacial score (nSPS) is 10.4. The summed E-state index contributed by atoms with van der Waals surface area (Å²) in [5.41, 5.74) is 1.42. The first-order valence-corrected chi connectivity index (χ1v) is 3.64. The molecule has 0 aliphatic carbocycles. The summed E-state index contributed by atoms with van der Waals surface area (Å²) in [6, 6.07) is 0. The smallest absolute Gasteiger partial charge is 0.151 e. The average molecular weight is 177 g/mol. The minimum atomic E-state index is -0.576. The van der Waals surface area contributed by atoms with Crippen molar-refractivity contribution in [3.05, 3.63) is 23.8 Å². The van der Waals surface area contributed by atoms with Crippen LogP contribution < -0.4 is 0 Å². The Hall–Kier alpha value is -0.340. The molecule has 0 fully saturated rings. The minimum Gasteiger partial charge on any atom is -0.261 e. The first-order valence-electron chi connectivity index (χ1n) is 2.77. The first-order chi connectivity index (χ1) is 4.70. The first kappa shape index (κ1) is 7.76. The highest BCUT2D eigenvalue weighted by molar-refractivity contribution is 6.43. The van der Waals surface area contributed by atoms with Crippen molar-refractivity contribution in [1.82, 2.24) is 9.97 Å². The minimum absolute atomic E-state index is 0.576. The number of rotatable bonds is 1. The van der Waals surface area contributed by atoms with E-state index < -0.39 is 4.84 Å². The van der Waals surface area contributed by atoms with Gasteiger partial charge in [-0.1, -0.05) is 23.2 Å². The van der Waals surface area contributed by atoms with Crippen LogP contribution in [0.4, 0.5) is 0 Å². The molecule has 10 heavy (non-hydrogen) atoms. The van der Waals surface area contributed by atoms with Crippen LogP contribution in [-0.2, 0) is 0 Å². The van der Waals surface area contributed by atoms with Crippen molar-refractivity contribution in [3.8, 4) is 0 Å². The van der Waals surface area contributed by atoms with E-state index >= 15 is 0 Å². The molecule has 0 unspecified atom stereocenters. The lowest BCUT2D eigenvalue weighted by Crippen LogP contribution is -1.91. The zero-order chi connectivity index (χ0) is 7.56. The van der Waals surface area contributed by atoms with Crippen LogP contribution in [0.2, 0.25) is 0 Å². The van der Waals surface area contributed by atoms with Gasteiger partial charge >= 0.3 is 0 Å². The van der Waals surface area contributed by atoms with Gasteiger partial charge in [0.2, 0.25) is 0 Å². The van der Waals surface area contributed by atoms with E-state index in [-0.39, 0.29) is 0 Å². The predicted octanol–water partition coefficient (Wildman–Crippen LogP) is 2.26. The van der Waals surface area contributed by atoms with Gasteiger partial charge in [-0.2, -0.15) is 0 Å². The van der Waals surface area contributed by atoms with Crippen LogP contribution in [0.3, 0.4) is 0 Å². The van der Waals surface area contributed by atoms with Gasteiger partial charge in [0.1, 0.15) is 0 Å². The van der Waals surface area contributed by atoms with Gasteiger partial charge in [-0.3, -0.25) is 9.97 Å². The number of nitrogens with zero attached hydrogens (tertiary/aromatic N) is 2. The second-order valence-corrected chi connectivity index (χ2v) is 2.98. The molecule has 1 rings (SSSR count). The number of aromatic nitrogens is 2. The topological polar surface area (TPSA) is 25.8 Å². The highest BCUT2D eigenvalue weighted by Gasteiger charge is 2.03. The van der Waals surface area contributed by atoms with Gasteiger partial charge in [-0.15, -0.1) is 0 Å². The SMILES string of the molecule is Cc1cncc(C(Cl)Cl)n1. The van der Waals surface area contributed by atoms with Crippen molar-refractivity contribution in [2.45, 2.75) is 11.8 Å².